The second kappa shape index (κ2) is 7.47. The number of anilines is 1. The van der Waals surface area contributed by atoms with Crippen LogP contribution >= 0.6 is 0 Å². The number of benzene rings is 2. The number of nitrogens with one attached hydrogen (secondary N) is 1. The van der Waals surface area contributed by atoms with Gasteiger partial charge in [-0.15, -0.1) is 0 Å². The molecule has 0 unspecified atom stereocenters. The normalized spacial score (nSPS) is 15.3. The number of fused-ring (bicyclic) bond motifs is 1. The molecule has 0 radical (unpaired) electrons. The summed E-state index contributed by atoms with van der Waals surface area (Å²) >= 11 is 0. The second-order valence-electron chi connectivity index (χ2n) is 7.44. The van der Waals surface area contributed by atoms with E-state index in [1.165, 1.54) is 6.07 Å². The Morgan fingerprint density at radius 3 is 2.71 bits per heavy atom. The number of ether oxygens (including phenoxy) is 2. The second-order valence-corrected chi connectivity index (χ2v) is 9.12. The van der Waals surface area contributed by atoms with Crippen molar-refractivity contribution < 1.29 is 22.7 Å². The Balaban J connectivity index is 1.89. The first-order valence-electron chi connectivity index (χ1n) is 9.24. The molecule has 0 fully saturated rings. The van der Waals surface area contributed by atoms with Crippen molar-refractivity contribution in [3.63, 3.8) is 0 Å². The van der Waals surface area contributed by atoms with Crippen LogP contribution in [0.1, 0.15) is 48.7 Å². The molecular weight excluding hydrogens is 378 g/mol. The van der Waals surface area contributed by atoms with Crippen LogP contribution in [0.2, 0.25) is 0 Å². The number of hydrogen-bond donors (Lipinski definition) is 1. The van der Waals surface area contributed by atoms with Gasteiger partial charge in [-0.2, -0.15) is 0 Å². The van der Waals surface area contributed by atoms with E-state index in [4.69, 9.17) is 9.47 Å². The summed E-state index contributed by atoms with van der Waals surface area (Å²) in [6.07, 6.45) is 1.57. The summed E-state index contributed by atoms with van der Waals surface area (Å²) in [5, 5.41) is 0. The Labute approximate surface area is 165 Å². The summed E-state index contributed by atoms with van der Waals surface area (Å²) in [6, 6.07) is 9.75. The summed E-state index contributed by atoms with van der Waals surface area (Å²) in [5.74, 6) is 0.241. The van der Waals surface area contributed by atoms with Crippen LogP contribution in [0.15, 0.2) is 41.3 Å². The predicted molar refractivity (Wildman–Crippen MR) is 107 cm³/mol. The molecule has 1 aliphatic heterocycles. The average molecular weight is 404 g/mol. The van der Waals surface area contributed by atoms with Gasteiger partial charge in [0.05, 0.1) is 22.8 Å². The summed E-state index contributed by atoms with van der Waals surface area (Å²) in [5.41, 5.74) is 1.83. The number of esters is 1. The van der Waals surface area contributed by atoms with Crippen LogP contribution < -0.4 is 9.46 Å². The molecule has 0 bridgehead atoms. The van der Waals surface area contributed by atoms with Crippen LogP contribution in [-0.2, 0) is 21.2 Å². The molecule has 2 aromatic rings. The largest absolute Gasteiger partial charge is 0.488 e. The van der Waals surface area contributed by atoms with Crippen molar-refractivity contribution in [1.29, 1.82) is 0 Å². The zero-order chi connectivity index (χ0) is 20.5. The lowest BCUT2D eigenvalue weighted by Gasteiger charge is -2.32. The lowest BCUT2D eigenvalue weighted by atomic mass is 9.94. The van der Waals surface area contributed by atoms with E-state index in [0.29, 0.717) is 16.8 Å². The van der Waals surface area contributed by atoms with Crippen molar-refractivity contribution in [2.45, 2.75) is 51.0 Å². The zero-order valence-corrected chi connectivity index (χ0v) is 17.4. The number of hydrogen-bond acceptors (Lipinski definition) is 5. The molecule has 150 valence electrons. The van der Waals surface area contributed by atoms with E-state index in [0.717, 1.165) is 24.2 Å². The minimum atomic E-state index is -3.81. The Morgan fingerprint density at radius 2 is 2.00 bits per heavy atom. The van der Waals surface area contributed by atoms with Gasteiger partial charge in [0.15, 0.2) is 0 Å². The van der Waals surface area contributed by atoms with Gasteiger partial charge in [-0.05, 0) is 82.0 Å². The van der Waals surface area contributed by atoms with Gasteiger partial charge < -0.3 is 9.47 Å². The van der Waals surface area contributed by atoms with E-state index in [2.05, 4.69) is 4.72 Å². The predicted octanol–water partition coefficient (Wildman–Crippen LogP) is 4.08. The standard InChI is InChI=1S/C21H25NO5S/c1-5-26-20(23)17-7-6-8-18(14(17)2)22-28(24,25)16-9-10-19-15(13-16)11-12-21(3,4)27-19/h6-10,13,22H,5,11-12H2,1-4H3. The first-order valence-corrected chi connectivity index (χ1v) is 10.7. The van der Waals surface area contributed by atoms with E-state index in [-0.39, 0.29) is 17.1 Å². The number of aryl methyl sites for hydroxylation is 1. The highest BCUT2D eigenvalue weighted by Gasteiger charge is 2.28. The lowest BCUT2D eigenvalue weighted by molar-refractivity contribution is 0.0525. The van der Waals surface area contributed by atoms with Gasteiger partial charge in [-0.1, -0.05) is 6.07 Å². The van der Waals surface area contributed by atoms with Crippen molar-refractivity contribution in [3.05, 3.63) is 53.1 Å². The summed E-state index contributed by atoms with van der Waals surface area (Å²) in [7, 11) is -3.81. The molecule has 6 nitrogen and oxygen atoms in total. The molecule has 0 aliphatic carbocycles. The van der Waals surface area contributed by atoms with E-state index in [9.17, 15) is 13.2 Å². The molecule has 1 heterocycles. The van der Waals surface area contributed by atoms with Crippen LogP contribution in [0.25, 0.3) is 0 Å². The molecule has 7 heteroatoms. The van der Waals surface area contributed by atoms with Crippen LogP contribution in [0.5, 0.6) is 5.75 Å². The first kappa shape index (κ1) is 20.2. The van der Waals surface area contributed by atoms with E-state index < -0.39 is 16.0 Å². The zero-order valence-electron chi connectivity index (χ0n) is 16.5. The lowest BCUT2D eigenvalue weighted by Crippen LogP contribution is -2.32. The highest BCUT2D eigenvalue weighted by Crippen LogP contribution is 2.34. The number of sulfonamides is 1. The SMILES string of the molecule is CCOC(=O)c1cccc(NS(=O)(=O)c2ccc3c(c2)CCC(C)(C)O3)c1C. The molecule has 0 amide bonds. The third-order valence-corrected chi connectivity index (χ3v) is 6.16. The van der Waals surface area contributed by atoms with E-state index in [1.54, 1.807) is 44.2 Å². The maximum absolute atomic E-state index is 12.9. The average Bonchev–Trinajstić information content (AvgIpc) is 2.62. The van der Waals surface area contributed by atoms with Crippen molar-refractivity contribution in [3.8, 4) is 5.75 Å². The smallest absolute Gasteiger partial charge is 0.338 e. The van der Waals surface area contributed by atoms with Gasteiger partial charge in [0, 0.05) is 0 Å². The van der Waals surface area contributed by atoms with Crippen molar-refractivity contribution in [1.82, 2.24) is 0 Å². The third-order valence-electron chi connectivity index (χ3n) is 4.80. The Hall–Kier alpha value is -2.54. The number of carbonyl (C=O) groups is 1. The summed E-state index contributed by atoms with van der Waals surface area (Å²) in [4.78, 5) is 12.2. The van der Waals surface area contributed by atoms with Crippen LogP contribution in [0.4, 0.5) is 5.69 Å². The van der Waals surface area contributed by atoms with Gasteiger partial charge in [0.2, 0.25) is 0 Å². The monoisotopic (exact) mass is 403 g/mol. The number of rotatable bonds is 5. The van der Waals surface area contributed by atoms with E-state index >= 15 is 0 Å². The Bertz CT molecular complexity index is 1010. The molecule has 0 saturated carbocycles. The summed E-state index contributed by atoms with van der Waals surface area (Å²) in [6.45, 7) is 7.69. The highest BCUT2D eigenvalue weighted by molar-refractivity contribution is 7.92. The van der Waals surface area contributed by atoms with Crippen LogP contribution in [-0.4, -0.2) is 26.6 Å². The molecule has 0 aromatic heterocycles. The molecular formula is C21H25NO5S. The van der Waals surface area contributed by atoms with Gasteiger partial charge in [0.25, 0.3) is 10.0 Å². The molecule has 0 spiro atoms. The van der Waals surface area contributed by atoms with Crippen molar-refractivity contribution in [2.75, 3.05) is 11.3 Å². The summed E-state index contributed by atoms with van der Waals surface area (Å²) < 4.78 is 39.3. The Morgan fingerprint density at radius 1 is 1.25 bits per heavy atom. The number of carbonyl (C=O) groups excluding carboxylic acids is 1. The molecule has 0 saturated heterocycles. The Kier molecular flexibility index (Phi) is 5.39. The van der Waals surface area contributed by atoms with Crippen LogP contribution in [0, 0.1) is 6.92 Å². The third kappa shape index (κ3) is 4.14. The fourth-order valence-electron chi connectivity index (χ4n) is 3.18. The van der Waals surface area contributed by atoms with Gasteiger partial charge in [0.1, 0.15) is 11.4 Å². The molecule has 1 aliphatic rings. The van der Waals surface area contributed by atoms with Crippen LogP contribution in [0.3, 0.4) is 0 Å². The maximum atomic E-state index is 12.9. The highest BCUT2D eigenvalue weighted by atomic mass is 32.2. The molecule has 28 heavy (non-hydrogen) atoms. The molecule has 3 rings (SSSR count). The molecule has 1 N–H and O–H groups in total. The topological polar surface area (TPSA) is 81.7 Å². The van der Waals surface area contributed by atoms with Gasteiger partial charge in [-0.25, -0.2) is 13.2 Å². The van der Waals surface area contributed by atoms with Crippen molar-refractivity contribution in [2.24, 2.45) is 0 Å². The first-order chi connectivity index (χ1) is 13.1. The maximum Gasteiger partial charge on any atom is 0.338 e. The minimum Gasteiger partial charge on any atom is -0.488 e. The van der Waals surface area contributed by atoms with Gasteiger partial charge in [-0.3, -0.25) is 4.72 Å². The van der Waals surface area contributed by atoms with Gasteiger partial charge >= 0.3 is 5.97 Å². The van der Waals surface area contributed by atoms with E-state index in [1.807, 2.05) is 13.8 Å². The quantitative estimate of drug-likeness (QED) is 0.761. The molecule has 0 atom stereocenters. The fourth-order valence-corrected chi connectivity index (χ4v) is 4.36. The minimum absolute atomic E-state index is 0.162. The fraction of sp³-hybridized carbons (Fsp3) is 0.381. The van der Waals surface area contributed by atoms with Crippen molar-refractivity contribution >= 4 is 21.7 Å². The molecule has 2 aromatic carbocycles.